The first-order chi connectivity index (χ1) is 12.5. The van der Waals surface area contributed by atoms with E-state index in [1.165, 1.54) is 16.4 Å². The van der Waals surface area contributed by atoms with E-state index < -0.39 is 10.0 Å². The lowest BCUT2D eigenvalue weighted by Crippen LogP contribution is -2.49. The number of benzene rings is 2. The van der Waals surface area contributed by atoms with E-state index in [0.29, 0.717) is 17.1 Å². The Labute approximate surface area is 157 Å². The molecule has 1 unspecified atom stereocenters. The van der Waals surface area contributed by atoms with Crippen LogP contribution in [0.1, 0.15) is 6.92 Å². The van der Waals surface area contributed by atoms with E-state index in [2.05, 4.69) is 22.1 Å². The fourth-order valence-electron chi connectivity index (χ4n) is 3.36. The van der Waals surface area contributed by atoms with Crippen molar-refractivity contribution in [1.29, 1.82) is 0 Å². The summed E-state index contributed by atoms with van der Waals surface area (Å²) < 4.78 is 27.4. The predicted octanol–water partition coefficient (Wildman–Crippen LogP) is 2.72. The van der Waals surface area contributed by atoms with Crippen LogP contribution in [0.5, 0.6) is 0 Å². The molecular formula is C18H19ClN4O2S. The van der Waals surface area contributed by atoms with Gasteiger partial charge in [-0.3, -0.25) is 0 Å². The van der Waals surface area contributed by atoms with E-state index in [-0.39, 0.29) is 9.92 Å². The molecular weight excluding hydrogens is 372 g/mol. The Morgan fingerprint density at radius 1 is 1.19 bits per heavy atom. The second-order valence-corrected chi connectivity index (χ2v) is 8.61. The molecule has 1 fully saturated rings. The summed E-state index contributed by atoms with van der Waals surface area (Å²) in [6, 6.07) is 12.4. The van der Waals surface area contributed by atoms with Gasteiger partial charge in [0.05, 0.1) is 16.2 Å². The van der Waals surface area contributed by atoms with E-state index >= 15 is 0 Å². The third kappa shape index (κ3) is 2.86. The van der Waals surface area contributed by atoms with Gasteiger partial charge in [-0.2, -0.15) is 0 Å². The van der Waals surface area contributed by atoms with Crippen LogP contribution in [0.25, 0.3) is 11.0 Å². The first-order valence-corrected chi connectivity index (χ1v) is 10.2. The summed E-state index contributed by atoms with van der Waals surface area (Å²) in [5.74, 6) is 0. The number of nitrogens with zero attached hydrogens (tertiary/aromatic N) is 3. The van der Waals surface area contributed by atoms with Crippen LogP contribution in [0.4, 0.5) is 5.69 Å². The summed E-state index contributed by atoms with van der Waals surface area (Å²) >= 11 is 6.12. The van der Waals surface area contributed by atoms with E-state index in [9.17, 15) is 8.42 Å². The highest BCUT2D eigenvalue weighted by atomic mass is 35.5. The molecule has 1 aliphatic rings. The lowest BCUT2D eigenvalue weighted by atomic mass is 10.2. The maximum absolute atomic E-state index is 13.1. The highest BCUT2D eigenvalue weighted by Gasteiger charge is 2.25. The zero-order valence-corrected chi connectivity index (χ0v) is 15.8. The van der Waals surface area contributed by atoms with Crippen molar-refractivity contribution >= 4 is 38.3 Å². The van der Waals surface area contributed by atoms with Gasteiger partial charge in [-0.15, -0.1) is 0 Å². The largest absolute Gasteiger partial charge is 0.367 e. The quantitative estimate of drug-likeness (QED) is 0.744. The molecule has 1 aliphatic heterocycles. The molecule has 1 aromatic heterocycles. The van der Waals surface area contributed by atoms with Gasteiger partial charge in [-0.05, 0) is 31.2 Å². The maximum Gasteiger partial charge on any atom is 0.270 e. The average Bonchev–Trinajstić information content (AvgIpc) is 3.07. The number of nitrogens with one attached hydrogen (secondary N) is 1. The van der Waals surface area contributed by atoms with E-state index in [1.807, 2.05) is 12.1 Å². The summed E-state index contributed by atoms with van der Waals surface area (Å²) in [6.07, 6.45) is 1.36. The monoisotopic (exact) mass is 390 g/mol. The third-order valence-corrected chi connectivity index (χ3v) is 6.77. The standard InChI is InChI=1S/C18H19ClN4O2S/c1-13-11-22(10-9-20-13)15-6-4-7-16-18(15)21-12-23(16)26(24,25)17-8-3-2-5-14(17)19/h2-8,12-13,20H,9-11H2,1H3. The molecule has 2 aromatic carbocycles. The Hall–Kier alpha value is -2.09. The van der Waals surface area contributed by atoms with Crippen molar-refractivity contribution in [2.45, 2.75) is 17.9 Å². The second-order valence-electron chi connectivity index (χ2n) is 6.42. The molecule has 26 heavy (non-hydrogen) atoms. The van der Waals surface area contributed by atoms with Crippen LogP contribution in [0.3, 0.4) is 0 Å². The molecule has 0 amide bonds. The molecule has 0 radical (unpaired) electrons. The summed E-state index contributed by atoms with van der Waals surface area (Å²) in [7, 11) is -3.82. The number of rotatable bonds is 3. The van der Waals surface area contributed by atoms with Crippen molar-refractivity contribution in [3.63, 3.8) is 0 Å². The van der Waals surface area contributed by atoms with Crippen molar-refractivity contribution in [3.05, 3.63) is 53.8 Å². The summed E-state index contributed by atoms with van der Waals surface area (Å²) in [6.45, 7) is 4.72. The highest BCUT2D eigenvalue weighted by molar-refractivity contribution is 7.90. The number of hydrogen-bond donors (Lipinski definition) is 1. The van der Waals surface area contributed by atoms with Gasteiger partial charge >= 0.3 is 0 Å². The van der Waals surface area contributed by atoms with Gasteiger partial charge in [0.15, 0.2) is 0 Å². The molecule has 0 aliphatic carbocycles. The fourth-order valence-corrected chi connectivity index (χ4v) is 5.14. The molecule has 136 valence electrons. The third-order valence-electron chi connectivity index (χ3n) is 4.61. The molecule has 1 N–H and O–H groups in total. The minimum Gasteiger partial charge on any atom is -0.367 e. The van der Waals surface area contributed by atoms with Gasteiger partial charge in [-0.1, -0.05) is 29.8 Å². The van der Waals surface area contributed by atoms with E-state index in [0.717, 1.165) is 25.3 Å². The second kappa shape index (κ2) is 6.57. The van der Waals surface area contributed by atoms with Gasteiger partial charge in [0, 0.05) is 25.7 Å². The molecule has 1 saturated heterocycles. The Morgan fingerprint density at radius 2 is 2.00 bits per heavy atom. The van der Waals surface area contributed by atoms with Crippen molar-refractivity contribution in [1.82, 2.24) is 14.3 Å². The minimum absolute atomic E-state index is 0.0714. The Bertz CT molecular complexity index is 1060. The molecule has 3 aromatic rings. The molecule has 2 heterocycles. The number of hydrogen-bond acceptors (Lipinski definition) is 5. The Morgan fingerprint density at radius 3 is 2.77 bits per heavy atom. The fraction of sp³-hybridized carbons (Fsp3) is 0.278. The van der Waals surface area contributed by atoms with Crippen LogP contribution >= 0.6 is 11.6 Å². The first kappa shape index (κ1) is 17.3. The predicted molar refractivity (Wildman–Crippen MR) is 103 cm³/mol. The minimum atomic E-state index is -3.82. The molecule has 0 bridgehead atoms. The van der Waals surface area contributed by atoms with Crippen LogP contribution in [-0.4, -0.2) is 43.1 Å². The van der Waals surface area contributed by atoms with Crippen molar-refractivity contribution in [3.8, 4) is 0 Å². The van der Waals surface area contributed by atoms with Gasteiger partial charge < -0.3 is 10.2 Å². The van der Waals surface area contributed by atoms with E-state index in [4.69, 9.17) is 11.6 Å². The lowest BCUT2D eigenvalue weighted by molar-refractivity contribution is 0.485. The van der Waals surface area contributed by atoms with Crippen molar-refractivity contribution in [2.75, 3.05) is 24.5 Å². The highest BCUT2D eigenvalue weighted by Crippen LogP contribution is 2.30. The molecule has 6 nitrogen and oxygen atoms in total. The smallest absolute Gasteiger partial charge is 0.270 e. The van der Waals surface area contributed by atoms with Gasteiger partial charge in [-0.25, -0.2) is 17.4 Å². The zero-order chi connectivity index (χ0) is 18.3. The molecule has 0 spiro atoms. The first-order valence-electron chi connectivity index (χ1n) is 8.43. The maximum atomic E-state index is 13.1. The summed E-state index contributed by atoms with van der Waals surface area (Å²) in [5, 5.41) is 3.60. The number of halogens is 1. The van der Waals surface area contributed by atoms with Crippen LogP contribution in [0.2, 0.25) is 5.02 Å². The lowest BCUT2D eigenvalue weighted by Gasteiger charge is -2.33. The van der Waals surface area contributed by atoms with Crippen molar-refractivity contribution < 1.29 is 8.42 Å². The SMILES string of the molecule is CC1CN(c2cccc3c2ncn3S(=O)(=O)c2ccccc2Cl)CCN1. The van der Waals surface area contributed by atoms with Gasteiger partial charge in [0.2, 0.25) is 0 Å². The molecule has 0 saturated carbocycles. The topological polar surface area (TPSA) is 67.2 Å². The van der Waals surface area contributed by atoms with Crippen LogP contribution in [0.15, 0.2) is 53.7 Å². The average molecular weight is 391 g/mol. The molecule has 4 rings (SSSR count). The Balaban J connectivity index is 1.84. The van der Waals surface area contributed by atoms with Crippen molar-refractivity contribution in [2.24, 2.45) is 0 Å². The van der Waals surface area contributed by atoms with Crippen LogP contribution < -0.4 is 10.2 Å². The molecule has 8 heteroatoms. The van der Waals surface area contributed by atoms with E-state index in [1.54, 1.807) is 24.3 Å². The summed E-state index contributed by atoms with van der Waals surface area (Å²) in [5.41, 5.74) is 2.18. The number of anilines is 1. The number of aromatic nitrogens is 2. The number of piperazine rings is 1. The normalized spacial score (nSPS) is 18.4. The van der Waals surface area contributed by atoms with Crippen LogP contribution in [-0.2, 0) is 10.0 Å². The van der Waals surface area contributed by atoms with Gasteiger partial charge in [0.1, 0.15) is 16.7 Å². The number of fused-ring (bicyclic) bond motifs is 1. The number of para-hydroxylation sites is 1. The van der Waals surface area contributed by atoms with Gasteiger partial charge in [0.25, 0.3) is 10.0 Å². The molecule has 1 atom stereocenters. The number of imidazole rings is 1. The summed E-state index contributed by atoms with van der Waals surface area (Å²) in [4.78, 5) is 6.73. The van der Waals surface area contributed by atoms with Crippen LogP contribution in [0, 0.1) is 0 Å². The zero-order valence-electron chi connectivity index (χ0n) is 14.3. The Kier molecular flexibility index (Phi) is 4.38.